The van der Waals surface area contributed by atoms with Crippen molar-refractivity contribution in [1.82, 2.24) is 5.32 Å². The Balaban J connectivity index is 4.86. The Hall–Kier alpha value is -1.10. The second-order valence-corrected chi connectivity index (χ2v) is 4.38. The Morgan fingerprint density at radius 1 is 1.44 bits per heavy atom. The van der Waals surface area contributed by atoms with E-state index in [0.29, 0.717) is 6.42 Å². The van der Waals surface area contributed by atoms with Crippen molar-refractivity contribution in [2.24, 2.45) is 5.92 Å². The first-order valence-corrected chi connectivity index (χ1v) is 5.37. The highest BCUT2D eigenvalue weighted by molar-refractivity contribution is 5.81. The Kier molecular flexibility index (Phi) is 5.44. The van der Waals surface area contributed by atoms with Gasteiger partial charge in [0.1, 0.15) is 11.6 Å². The highest BCUT2D eigenvalue weighted by Crippen LogP contribution is 2.14. The molecule has 0 saturated carbocycles. The van der Waals surface area contributed by atoms with Gasteiger partial charge in [-0.15, -0.1) is 0 Å². The van der Waals surface area contributed by atoms with Crippen LogP contribution >= 0.6 is 0 Å². The van der Waals surface area contributed by atoms with Gasteiger partial charge in [0.15, 0.2) is 0 Å². The van der Waals surface area contributed by atoms with Gasteiger partial charge in [-0.2, -0.15) is 0 Å². The van der Waals surface area contributed by atoms with Crippen LogP contribution in [0.25, 0.3) is 0 Å². The van der Waals surface area contributed by atoms with Crippen molar-refractivity contribution >= 4 is 11.9 Å². The monoisotopic (exact) mass is 231 g/mol. The number of ether oxygens (including phenoxy) is 1. The molecule has 0 aromatic heterocycles. The fourth-order valence-electron chi connectivity index (χ4n) is 1.28. The lowest BCUT2D eigenvalue weighted by Gasteiger charge is -2.31. The summed E-state index contributed by atoms with van der Waals surface area (Å²) in [6.45, 7) is 7.00. The summed E-state index contributed by atoms with van der Waals surface area (Å²) < 4.78 is 4.65. The molecule has 0 saturated heterocycles. The molecule has 0 aromatic carbocycles. The summed E-state index contributed by atoms with van der Waals surface area (Å²) >= 11 is 0. The van der Waals surface area contributed by atoms with E-state index in [1.807, 2.05) is 13.8 Å². The normalized spacial score (nSPS) is 16.6. The first kappa shape index (κ1) is 14.9. The lowest BCUT2D eigenvalue weighted by atomic mass is 9.94. The molecule has 0 aliphatic carbocycles. The molecule has 0 aliphatic rings. The first-order valence-electron chi connectivity index (χ1n) is 5.37. The van der Waals surface area contributed by atoms with Crippen molar-refractivity contribution < 1.29 is 19.4 Å². The standard InChI is InChI=1S/C11H21NO4/c1-6-11(4,10(14)15)12-8(7(2)3)9(13)16-5/h7-8,12H,6H2,1-5H3,(H,14,15). The van der Waals surface area contributed by atoms with Crippen molar-refractivity contribution in [2.75, 3.05) is 7.11 Å². The summed E-state index contributed by atoms with van der Waals surface area (Å²) in [5, 5.41) is 12.0. The smallest absolute Gasteiger partial charge is 0.323 e. The number of hydrogen-bond donors (Lipinski definition) is 2. The average molecular weight is 231 g/mol. The quantitative estimate of drug-likeness (QED) is 0.668. The number of carboxylic acids is 1. The molecule has 2 atom stereocenters. The van der Waals surface area contributed by atoms with Crippen molar-refractivity contribution in [3.05, 3.63) is 0 Å². The molecule has 0 fully saturated rings. The van der Waals surface area contributed by atoms with Crippen LogP contribution in [0, 0.1) is 5.92 Å². The van der Waals surface area contributed by atoms with E-state index in [9.17, 15) is 9.59 Å². The molecule has 5 heteroatoms. The summed E-state index contributed by atoms with van der Waals surface area (Å²) in [6, 6.07) is -0.606. The van der Waals surface area contributed by atoms with Gasteiger partial charge in [0.2, 0.25) is 0 Å². The summed E-state index contributed by atoms with van der Waals surface area (Å²) in [4.78, 5) is 22.6. The molecule has 94 valence electrons. The number of carbonyl (C=O) groups excluding carboxylic acids is 1. The van der Waals surface area contributed by atoms with Crippen LogP contribution in [0.4, 0.5) is 0 Å². The van der Waals surface area contributed by atoms with E-state index in [1.165, 1.54) is 7.11 Å². The molecule has 0 spiro atoms. The zero-order chi connectivity index (χ0) is 12.9. The predicted octanol–water partition coefficient (Wildman–Crippen LogP) is 1.03. The van der Waals surface area contributed by atoms with Gasteiger partial charge < -0.3 is 9.84 Å². The van der Waals surface area contributed by atoms with Crippen molar-refractivity contribution in [3.63, 3.8) is 0 Å². The zero-order valence-corrected chi connectivity index (χ0v) is 10.5. The van der Waals surface area contributed by atoms with Crippen LogP contribution in [0.5, 0.6) is 0 Å². The maximum atomic E-state index is 11.5. The predicted molar refractivity (Wildman–Crippen MR) is 60.1 cm³/mol. The number of carboxylic acid groups (broad SMARTS) is 1. The molecule has 16 heavy (non-hydrogen) atoms. The molecule has 0 bridgehead atoms. The number of aliphatic carboxylic acids is 1. The van der Waals surface area contributed by atoms with Crippen LogP contribution in [0.15, 0.2) is 0 Å². The summed E-state index contributed by atoms with van der Waals surface area (Å²) in [7, 11) is 1.30. The number of rotatable bonds is 6. The molecule has 0 aromatic rings. The topological polar surface area (TPSA) is 75.6 Å². The molecule has 0 aliphatic heterocycles. The van der Waals surface area contributed by atoms with Gasteiger partial charge in [0.25, 0.3) is 0 Å². The largest absolute Gasteiger partial charge is 0.480 e. The molecule has 0 rings (SSSR count). The van der Waals surface area contributed by atoms with Gasteiger partial charge in [0.05, 0.1) is 7.11 Å². The Labute approximate surface area is 96.2 Å². The minimum absolute atomic E-state index is 0.0299. The second kappa shape index (κ2) is 5.84. The van der Waals surface area contributed by atoms with Gasteiger partial charge in [-0.25, -0.2) is 0 Å². The average Bonchev–Trinajstić information content (AvgIpc) is 2.23. The molecule has 2 N–H and O–H groups in total. The number of esters is 1. The highest BCUT2D eigenvalue weighted by Gasteiger charge is 2.37. The van der Waals surface area contributed by atoms with Crippen molar-refractivity contribution in [3.8, 4) is 0 Å². The third kappa shape index (κ3) is 3.48. The molecular formula is C11H21NO4. The van der Waals surface area contributed by atoms with E-state index in [2.05, 4.69) is 10.1 Å². The van der Waals surface area contributed by atoms with Gasteiger partial charge in [-0.05, 0) is 19.3 Å². The van der Waals surface area contributed by atoms with Crippen molar-refractivity contribution in [1.29, 1.82) is 0 Å². The maximum absolute atomic E-state index is 11.5. The number of nitrogens with one attached hydrogen (secondary N) is 1. The third-order valence-corrected chi connectivity index (χ3v) is 2.77. The molecule has 0 radical (unpaired) electrons. The molecular weight excluding hydrogens is 210 g/mol. The minimum Gasteiger partial charge on any atom is -0.480 e. The maximum Gasteiger partial charge on any atom is 0.323 e. The Bertz CT molecular complexity index is 265. The SMILES string of the molecule is CCC(C)(NC(C(=O)OC)C(C)C)C(=O)O. The fraction of sp³-hybridized carbons (Fsp3) is 0.818. The molecule has 5 nitrogen and oxygen atoms in total. The van der Waals surface area contributed by atoms with Crippen LogP contribution < -0.4 is 5.32 Å². The molecule has 2 unspecified atom stereocenters. The zero-order valence-electron chi connectivity index (χ0n) is 10.5. The van der Waals surface area contributed by atoms with E-state index in [4.69, 9.17) is 5.11 Å². The van der Waals surface area contributed by atoms with Gasteiger partial charge in [0, 0.05) is 0 Å². The summed E-state index contributed by atoms with van der Waals surface area (Å²) in [6.07, 6.45) is 0.391. The number of carbonyl (C=O) groups is 2. The summed E-state index contributed by atoms with van der Waals surface area (Å²) in [5.74, 6) is -1.43. The van der Waals surface area contributed by atoms with E-state index in [0.717, 1.165) is 0 Å². The van der Waals surface area contributed by atoms with E-state index in [-0.39, 0.29) is 5.92 Å². The van der Waals surface area contributed by atoms with E-state index in [1.54, 1.807) is 13.8 Å². The van der Waals surface area contributed by atoms with Crippen LogP contribution in [-0.2, 0) is 14.3 Å². The van der Waals surface area contributed by atoms with Gasteiger partial charge in [-0.1, -0.05) is 20.8 Å². The third-order valence-electron chi connectivity index (χ3n) is 2.77. The lowest BCUT2D eigenvalue weighted by Crippen LogP contribution is -2.57. The Morgan fingerprint density at radius 3 is 2.19 bits per heavy atom. The van der Waals surface area contributed by atoms with Crippen LogP contribution in [-0.4, -0.2) is 35.7 Å². The van der Waals surface area contributed by atoms with E-state index >= 15 is 0 Å². The fourth-order valence-corrected chi connectivity index (χ4v) is 1.28. The molecule has 0 amide bonds. The van der Waals surface area contributed by atoms with Gasteiger partial charge in [-0.3, -0.25) is 14.9 Å². The minimum atomic E-state index is -1.11. The molecule has 0 heterocycles. The van der Waals surface area contributed by atoms with Crippen molar-refractivity contribution in [2.45, 2.75) is 45.7 Å². The van der Waals surface area contributed by atoms with Crippen LogP contribution in [0.3, 0.4) is 0 Å². The van der Waals surface area contributed by atoms with Crippen LogP contribution in [0.1, 0.15) is 34.1 Å². The number of methoxy groups -OCH3 is 1. The van der Waals surface area contributed by atoms with Crippen LogP contribution in [0.2, 0.25) is 0 Å². The Morgan fingerprint density at radius 2 is 1.94 bits per heavy atom. The van der Waals surface area contributed by atoms with E-state index < -0.39 is 23.5 Å². The lowest BCUT2D eigenvalue weighted by molar-refractivity contribution is -0.149. The summed E-state index contributed by atoms with van der Waals surface area (Å²) in [5.41, 5.74) is -1.11. The number of hydrogen-bond acceptors (Lipinski definition) is 4. The highest BCUT2D eigenvalue weighted by atomic mass is 16.5. The second-order valence-electron chi connectivity index (χ2n) is 4.38. The first-order chi connectivity index (χ1) is 7.28. The van der Waals surface area contributed by atoms with Gasteiger partial charge >= 0.3 is 11.9 Å².